The topological polar surface area (TPSA) is 67.1 Å². The van der Waals surface area contributed by atoms with Crippen molar-refractivity contribution < 1.29 is 4.79 Å². The van der Waals surface area contributed by atoms with E-state index in [0.29, 0.717) is 18.7 Å². The molecule has 4 aromatic carbocycles. The van der Waals surface area contributed by atoms with Crippen LogP contribution in [0.15, 0.2) is 108 Å². The lowest BCUT2D eigenvalue weighted by atomic mass is 9.95. The van der Waals surface area contributed by atoms with Gasteiger partial charge in [0, 0.05) is 29.2 Å². The average Bonchev–Trinajstić information content (AvgIpc) is 2.85. The number of nitrogens with two attached hydrogens (primary N) is 1. The van der Waals surface area contributed by atoms with Gasteiger partial charge in [0.25, 0.3) is 5.91 Å². The van der Waals surface area contributed by atoms with Crippen LogP contribution >= 0.6 is 11.9 Å². The predicted octanol–water partition coefficient (Wildman–Crippen LogP) is 5.71. The molecule has 0 radical (unpaired) electrons. The number of nitrogen functional groups attached to an aromatic ring is 1. The third-order valence-corrected chi connectivity index (χ3v) is 6.11. The minimum Gasteiger partial charge on any atom is -0.399 e. The highest BCUT2D eigenvalue weighted by molar-refractivity contribution is 7.97. The van der Waals surface area contributed by atoms with Gasteiger partial charge in [0.15, 0.2) is 0 Å². The first kappa shape index (κ1) is 22.6. The highest BCUT2D eigenvalue weighted by Gasteiger charge is 2.14. The van der Waals surface area contributed by atoms with Crippen molar-refractivity contribution in [3.05, 3.63) is 120 Å². The van der Waals surface area contributed by atoms with Crippen LogP contribution in [0, 0.1) is 0 Å². The second kappa shape index (κ2) is 11.4. The molecule has 0 fully saturated rings. The summed E-state index contributed by atoms with van der Waals surface area (Å²) in [5.74, 6) is -0.0570. The van der Waals surface area contributed by atoms with Crippen LogP contribution in [0.4, 0.5) is 5.69 Å². The molecule has 0 saturated heterocycles. The van der Waals surface area contributed by atoms with E-state index in [-0.39, 0.29) is 5.91 Å². The van der Waals surface area contributed by atoms with E-state index in [1.54, 1.807) is 11.9 Å². The summed E-state index contributed by atoms with van der Waals surface area (Å²) in [6.07, 6.45) is 0.802. The molecule has 0 heterocycles. The molecule has 0 atom stereocenters. The second-order valence-corrected chi connectivity index (χ2v) is 8.65. The van der Waals surface area contributed by atoms with Crippen molar-refractivity contribution in [2.75, 3.05) is 12.3 Å². The van der Waals surface area contributed by atoms with Crippen molar-refractivity contribution in [1.82, 2.24) is 10.0 Å². The van der Waals surface area contributed by atoms with E-state index in [9.17, 15) is 4.79 Å². The lowest BCUT2D eigenvalue weighted by Crippen LogP contribution is -2.26. The summed E-state index contributed by atoms with van der Waals surface area (Å²) < 4.78 is 3.42. The van der Waals surface area contributed by atoms with Crippen LogP contribution in [0.3, 0.4) is 0 Å². The zero-order valence-corrected chi connectivity index (χ0v) is 19.1. The Bertz CT molecular complexity index is 1210. The second-order valence-electron chi connectivity index (χ2n) is 7.69. The van der Waals surface area contributed by atoms with Gasteiger partial charge >= 0.3 is 0 Å². The van der Waals surface area contributed by atoms with Crippen LogP contribution < -0.4 is 15.8 Å². The Balaban J connectivity index is 1.46. The van der Waals surface area contributed by atoms with Gasteiger partial charge in [-0.2, -0.15) is 0 Å². The van der Waals surface area contributed by atoms with E-state index in [2.05, 4.69) is 34.3 Å². The van der Waals surface area contributed by atoms with Gasteiger partial charge in [0.2, 0.25) is 0 Å². The van der Waals surface area contributed by atoms with Gasteiger partial charge < -0.3 is 11.1 Å². The van der Waals surface area contributed by atoms with E-state index in [1.165, 1.54) is 5.56 Å². The number of carbonyl (C=O) groups excluding carboxylic acids is 1. The summed E-state index contributed by atoms with van der Waals surface area (Å²) >= 11 is 1.54. The number of carbonyl (C=O) groups is 1. The fourth-order valence-corrected chi connectivity index (χ4v) is 4.42. The largest absolute Gasteiger partial charge is 0.399 e. The van der Waals surface area contributed by atoms with Crippen molar-refractivity contribution in [2.45, 2.75) is 17.9 Å². The number of benzene rings is 4. The molecule has 0 aliphatic heterocycles. The van der Waals surface area contributed by atoms with Crippen molar-refractivity contribution in [2.24, 2.45) is 0 Å². The molecule has 33 heavy (non-hydrogen) atoms. The number of hydrogen-bond acceptors (Lipinski definition) is 4. The Labute approximate surface area is 199 Å². The Morgan fingerprint density at radius 3 is 2.33 bits per heavy atom. The van der Waals surface area contributed by atoms with Gasteiger partial charge in [-0.1, -0.05) is 78.9 Å². The van der Waals surface area contributed by atoms with E-state index in [4.69, 9.17) is 5.73 Å². The highest BCUT2D eigenvalue weighted by Crippen LogP contribution is 2.28. The van der Waals surface area contributed by atoms with Crippen molar-refractivity contribution in [1.29, 1.82) is 0 Å². The molecule has 0 unspecified atom stereocenters. The van der Waals surface area contributed by atoms with Crippen LogP contribution in [0.1, 0.15) is 21.5 Å². The lowest BCUT2D eigenvalue weighted by molar-refractivity contribution is 0.0955. The fraction of sp³-hybridized carbons (Fsp3) is 0.107. The normalized spacial score (nSPS) is 10.7. The fourth-order valence-electron chi connectivity index (χ4n) is 3.69. The van der Waals surface area contributed by atoms with Gasteiger partial charge in [0.05, 0.1) is 0 Å². The zero-order valence-electron chi connectivity index (χ0n) is 18.3. The van der Waals surface area contributed by atoms with Gasteiger partial charge in [-0.15, -0.1) is 0 Å². The lowest BCUT2D eigenvalue weighted by Gasteiger charge is -2.14. The van der Waals surface area contributed by atoms with E-state index >= 15 is 0 Å². The van der Waals surface area contributed by atoms with E-state index in [1.807, 2.05) is 78.9 Å². The van der Waals surface area contributed by atoms with Gasteiger partial charge in [-0.25, -0.2) is 0 Å². The first-order valence-corrected chi connectivity index (χ1v) is 11.8. The summed E-state index contributed by atoms with van der Waals surface area (Å²) in [7, 11) is 0. The number of hydrogen-bond donors (Lipinski definition) is 3. The van der Waals surface area contributed by atoms with Crippen molar-refractivity contribution in [3.63, 3.8) is 0 Å². The molecule has 4 rings (SSSR count). The Kier molecular flexibility index (Phi) is 7.80. The molecule has 4 nitrogen and oxygen atoms in total. The first-order valence-electron chi connectivity index (χ1n) is 11.0. The van der Waals surface area contributed by atoms with Crippen LogP contribution in [0.25, 0.3) is 11.1 Å². The predicted molar refractivity (Wildman–Crippen MR) is 138 cm³/mol. The maximum absolute atomic E-state index is 13.0. The van der Waals surface area contributed by atoms with Crippen molar-refractivity contribution in [3.8, 4) is 11.1 Å². The smallest absolute Gasteiger partial charge is 0.251 e. The average molecular weight is 454 g/mol. The molecule has 4 aromatic rings. The van der Waals surface area contributed by atoms with Gasteiger partial charge in [0.1, 0.15) is 0 Å². The molecule has 0 aliphatic rings. The molecular weight excluding hydrogens is 426 g/mol. The van der Waals surface area contributed by atoms with Gasteiger partial charge in [-0.05, 0) is 64.9 Å². The minimum atomic E-state index is -0.0570. The summed E-state index contributed by atoms with van der Waals surface area (Å²) in [5.41, 5.74) is 11.6. The first-order chi connectivity index (χ1) is 16.2. The van der Waals surface area contributed by atoms with Crippen LogP contribution in [0.2, 0.25) is 0 Å². The molecule has 166 valence electrons. The highest BCUT2D eigenvalue weighted by atomic mass is 32.2. The standard InChI is InChI=1S/C28H27N3OS/c29-23-12-8-13-24(19-23)33-31-20-22-11-4-5-14-25(22)26-15-6-7-16-27(26)28(32)30-18-17-21-9-2-1-3-10-21/h1-16,19,31H,17-18,20,29H2,(H,30,32). The molecule has 1 amide bonds. The van der Waals surface area contributed by atoms with Crippen LogP contribution in [-0.4, -0.2) is 12.5 Å². The Morgan fingerprint density at radius 1 is 0.788 bits per heavy atom. The Hall–Kier alpha value is -3.54. The molecule has 0 spiro atoms. The summed E-state index contributed by atoms with van der Waals surface area (Å²) in [6.45, 7) is 1.25. The zero-order chi connectivity index (χ0) is 22.9. The third-order valence-electron chi connectivity index (χ3n) is 5.33. The third kappa shape index (κ3) is 6.25. The minimum absolute atomic E-state index is 0.0570. The van der Waals surface area contributed by atoms with E-state index < -0.39 is 0 Å². The summed E-state index contributed by atoms with van der Waals surface area (Å²) in [5, 5.41) is 3.08. The maximum Gasteiger partial charge on any atom is 0.251 e. The van der Waals surface area contributed by atoms with Gasteiger partial charge in [-0.3, -0.25) is 9.52 Å². The van der Waals surface area contributed by atoms with E-state index in [0.717, 1.165) is 33.7 Å². The molecule has 0 aromatic heterocycles. The Morgan fingerprint density at radius 2 is 1.52 bits per heavy atom. The van der Waals surface area contributed by atoms with Crippen LogP contribution in [0.5, 0.6) is 0 Å². The van der Waals surface area contributed by atoms with Crippen LogP contribution in [-0.2, 0) is 13.0 Å². The number of nitrogens with one attached hydrogen (secondary N) is 2. The molecule has 0 saturated carbocycles. The molecule has 0 aliphatic carbocycles. The SMILES string of the molecule is Nc1cccc(SNCc2ccccc2-c2ccccc2C(=O)NCCc2ccccc2)c1. The maximum atomic E-state index is 13.0. The summed E-state index contributed by atoms with van der Waals surface area (Å²) in [6, 6.07) is 33.9. The monoisotopic (exact) mass is 453 g/mol. The van der Waals surface area contributed by atoms with Crippen molar-refractivity contribution >= 4 is 23.5 Å². The molecule has 5 heteroatoms. The number of rotatable bonds is 9. The summed E-state index contributed by atoms with van der Waals surface area (Å²) in [4.78, 5) is 14.1. The number of anilines is 1. The quantitative estimate of drug-likeness (QED) is 0.224. The number of amides is 1. The molecular formula is C28H27N3OS. The molecule has 0 bridgehead atoms. The molecule has 4 N–H and O–H groups in total.